The molecule has 1 aromatic rings. The Morgan fingerprint density at radius 3 is 2.61 bits per heavy atom. The Kier molecular flexibility index (Phi) is 5.57. The van der Waals surface area contributed by atoms with E-state index in [4.69, 9.17) is 0 Å². The molecule has 0 amide bonds. The summed E-state index contributed by atoms with van der Waals surface area (Å²) in [6.07, 6.45) is 9.21. The van der Waals surface area contributed by atoms with Crippen molar-refractivity contribution in [3.8, 4) is 0 Å². The summed E-state index contributed by atoms with van der Waals surface area (Å²) < 4.78 is 0. The second-order valence-corrected chi connectivity index (χ2v) is 6.80. The lowest BCUT2D eigenvalue weighted by Crippen LogP contribution is -2.24. The molecule has 0 saturated heterocycles. The van der Waals surface area contributed by atoms with E-state index in [9.17, 15) is 0 Å². The van der Waals surface area contributed by atoms with Gasteiger partial charge in [0.15, 0.2) is 0 Å². The molecule has 0 aliphatic heterocycles. The number of aromatic nitrogens is 2. The van der Waals surface area contributed by atoms with E-state index >= 15 is 0 Å². The molecular formula is C14H25N3S. The number of nitrogens with one attached hydrogen (secondary N) is 1. The van der Waals surface area contributed by atoms with Crippen LogP contribution >= 0.6 is 11.3 Å². The molecule has 0 radical (unpaired) electrons. The second kappa shape index (κ2) is 7.19. The predicted molar refractivity (Wildman–Crippen MR) is 77.0 cm³/mol. The fraction of sp³-hybridized carbons (Fsp3) is 0.857. The van der Waals surface area contributed by atoms with Crippen LogP contribution in [-0.2, 0) is 12.8 Å². The van der Waals surface area contributed by atoms with Crippen LogP contribution in [-0.4, -0.2) is 22.8 Å². The summed E-state index contributed by atoms with van der Waals surface area (Å²) in [5, 5.41) is 14.5. The molecule has 1 heterocycles. The Balaban J connectivity index is 1.74. The summed E-state index contributed by atoms with van der Waals surface area (Å²) >= 11 is 1.82. The zero-order chi connectivity index (χ0) is 12.8. The summed E-state index contributed by atoms with van der Waals surface area (Å²) in [6, 6.07) is 0.555. The van der Waals surface area contributed by atoms with Crippen molar-refractivity contribution in [2.24, 2.45) is 5.92 Å². The van der Waals surface area contributed by atoms with Crippen LogP contribution in [0.2, 0.25) is 0 Å². The van der Waals surface area contributed by atoms with Crippen molar-refractivity contribution < 1.29 is 0 Å². The first-order valence-electron chi connectivity index (χ1n) is 7.28. The molecule has 1 aromatic heterocycles. The van der Waals surface area contributed by atoms with E-state index in [1.54, 1.807) is 0 Å². The van der Waals surface area contributed by atoms with Gasteiger partial charge in [-0.3, -0.25) is 0 Å². The number of rotatable bonds is 6. The third kappa shape index (κ3) is 4.65. The topological polar surface area (TPSA) is 37.8 Å². The molecule has 0 bridgehead atoms. The van der Waals surface area contributed by atoms with Gasteiger partial charge in [-0.25, -0.2) is 0 Å². The van der Waals surface area contributed by atoms with Crippen LogP contribution in [0, 0.1) is 5.92 Å². The lowest BCUT2D eigenvalue weighted by molar-refractivity contribution is 0.356. The van der Waals surface area contributed by atoms with E-state index < -0.39 is 0 Å². The Morgan fingerprint density at radius 2 is 1.89 bits per heavy atom. The van der Waals surface area contributed by atoms with Crippen molar-refractivity contribution in [2.75, 3.05) is 6.54 Å². The molecule has 102 valence electrons. The molecule has 0 aromatic carbocycles. The highest BCUT2D eigenvalue weighted by Gasteiger charge is 2.16. The number of hydrogen-bond acceptors (Lipinski definition) is 4. The van der Waals surface area contributed by atoms with Crippen LogP contribution < -0.4 is 5.32 Å². The third-order valence-corrected chi connectivity index (χ3v) is 4.59. The highest BCUT2D eigenvalue weighted by Crippen LogP contribution is 2.27. The van der Waals surface area contributed by atoms with E-state index in [2.05, 4.69) is 29.4 Å². The van der Waals surface area contributed by atoms with E-state index in [-0.39, 0.29) is 0 Å². The van der Waals surface area contributed by atoms with Crippen LogP contribution in [0.25, 0.3) is 0 Å². The van der Waals surface area contributed by atoms with Crippen molar-refractivity contribution >= 4 is 11.3 Å². The zero-order valence-electron chi connectivity index (χ0n) is 11.6. The molecular weight excluding hydrogens is 242 g/mol. The van der Waals surface area contributed by atoms with Crippen molar-refractivity contribution in [1.29, 1.82) is 0 Å². The minimum absolute atomic E-state index is 0.555. The molecule has 0 unspecified atom stereocenters. The largest absolute Gasteiger partial charge is 0.314 e. The summed E-state index contributed by atoms with van der Waals surface area (Å²) in [4.78, 5) is 0. The number of hydrogen-bond donors (Lipinski definition) is 1. The van der Waals surface area contributed by atoms with Gasteiger partial charge < -0.3 is 5.32 Å². The first kappa shape index (κ1) is 13.9. The third-order valence-electron chi connectivity index (χ3n) is 3.59. The lowest BCUT2D eigenvalue weighted by atomic mass is 9.87. The number of nitrogens with zero attached hydrogens (tertiary/aromatic N) is 2. The van der Waals surface area contributed by atoms with Crippen LogP contribution in [0.4, 0.5) is 0 Å². The summed E-state index contributed by atoms with van der Waals surface area (Å²) in [6.45, 7) is 5.36. The van der Waals surface area contributed by atoms with Crippen molar-refractivity contribution in [1.82, 2.24) is 15.5 Å². The normalized spacial score (nSPS) is 17.5. The first-order chi connectivity index (χ1) is 8.74. The fourth-order valence-corrected chi connectivity index (χ4v) is 3.54. The van der Waals surface area contributed by atoms with Crippen molar-refractivity contribution in [2.45, 2.75) is 64.8 Å². The molecule has 0 atom stereocenters. The monoisotopic (exact) mass is 267 g/mol. The summed E-state index contributed by atoms with van der Waals surface area (Å²) in [7, 11) is 0. The highest BCUT2D eigenvalue weighted by atomic mass is 32.1. The Morgan fingerprint density at radius 1 is 1.17 bits per heavy atom. The Labute approximate surface area is 114 Å². The maximum absolute atomic E-state index is 4.35. The van der Waals surface area contributed by atoms with Gasteiger partial charge in [-0.2, -0.15) is 0 Å². The molecule has 4 heteroatoms. The average molecular weight is 267 g/mol. The second-order valence-electron chi connectivity index (χ2n) is 5.66. The molecule has 1 aliphatic carbocycles. The van der Waals surface area contributed by atoms with Gasteiger partial charge in [0.2, 0.25) is 0 Å². The first-order valence-corrected chi connectivity index (χ1v) is 8.10. The molecule has 1 aliphatic rings. The zero-order valence-corrected chi connectivity index (χ0v) is 12.4. The molecule has 1 N–H and O–H groups in total. The van der Waals surface area contributed by atoms with Crippen LogP contribution in [0.15, 0.2) is 0 Å². The highest BCUT2D eigenvalue weighted by molar-refractivity contribution is 7.11. The van der Waals surface area contributed by atoms with Gasteiger partial charge in [0.25, 0.3) is 0 Å². The van der Waals surface area contributed by atoms with Gasteiger partial charge in [-0.15, -0.1) is 21.5 Å². The van der Waals surface area contributed by atoms with Gasteiger partial charge in [0.1, 0.15) is 10.0 Å². The van der Waals surface area contributed by atoms with Gasteiger partial charge in [0, 0.05) is 25.4 Å². The fourth-order valence-electron chi connectivity index (χ4n) is 2.58. The van der Waals surface area contributed by atoms with Crippen molar-refractivity contribution in [3.63, 3.8) is 0 Å². The van der Waals surface area contributed by atoms with Crippen LogP contribution in [0.3, 0.4) is 0 Å². The molecule has 2 rings (SSSR count). The molecule has 1 saturated carbocycles. The van der Waals surface area contributed by atoms with E-state index in [0.717, 1.165) is 25.3 Å². The molecule has 0 spiro atoms. The Bertz CT molecular complexity index is 343. The molecule has 1 fully saturated rings. The van der Waals surface area contributed by atoms with Gasteiger partial charge >= 0.3 is 0 Å². The smallest absolute Gasteiger partial charge is 0.118 e. The molecule has 18 heavy (non-hydrogen) atoms. The molecule has 3 nitrogen and oxygen atoms in total. The predicted octanol–water partition coefficient (Wildman–Crippen LogP) is 3.20. The van der Waals surface area contributed by atoms with Gasteiger partial charge in [-0.05, 0) is 5.92 Å². The Hall–Kier alpha value is -0.480. The average Bonchev–Trinajstić information content (AvgIpc) is 2.78. The minimum Gasteiger partial charge on any atom is -0.314 e. The van der Waals surface area contributed by atoms with E-state index in [0.29, 0.717) is 6.04 Å². The lowest BCUT2D eigenvalue weighted by Gasteiger charge is -2.19. The van der Waals surface area contributed by atoms with E-state index in [1.807, 2.05) is 11.3 Å². The quantitative estimate of drug-likeness (QED) is 0.860. The maximum Gasteiger partial charge on any atom is 0.118 e. The standard InChI is InChI=1S/C14H25N3S/c1-11(2)15-9-8-13-16-17-14(18-13)10-12-6-4-3-5-7-12/h11-12,15H,3-10H2,1-2H3. The summed E-state index contributed by atoms with van der Waals surface area (Å²) in [5.41, 5.74) is 0. The SMILES string of the molecule is CC(C)NCCc1nnc(CC2CCCCC2)s1. The minimum atomic E-state index is 0.555. The van der Waals surface area contributed by atoms with Crippen LogP contribution in [0.5, 0.6) is 0 Å². The van der Waals surface area contributed by atoms with Crippen molar-refractivity contribution in [3.05, 3.63) is 10.0 Å². The maximum atomic E-state index is 4.35. The van der Waals surface area contributed by atoms with Gasteiger partial charge in [-0.1, -0.05) is 46.0 Å². The van der Waals surface area contributed by atoms with Gasteiger partial charge in [0.05, 0.1) is 0 Å². The summed E-state index contributed by atoms with van der Waals surface area (Å²) in [5.74, 6) is 0.869. The van der Waals surface area contributed by atoms with Crippen LogP contribution in [0.1, 0.15) is 56.0 Å². The van der Waals surface area contributed by atoms with E-state index in [1.165, 1.54) is 42.1 Å².